The Morgan fingerprint density at radius 3 is 2.18 bits per heavy atom. The monoisotopic (exact) mass is 323 g/mol. The third-order valence-electron chi connectivity index (χ3n) is 2.67. The number of ether oxygens (including phenoxy) is 3. The molecule has 8 heteroatoms. The fraction of sp³-hybridized carbons (Fsp3) is 0.214. The molecule has 0 spiro atoms. The van der Waals surface area contributed by atoms with E-state index in [2.05, 4.69) is 5.32 Å². The predicted octanol–water partition coefficient (Wildman–Crippen LogP) is 1.95. The number of hydrogen-bond donors (Lipinski definition) is 1. The van der Waals surface area contributed by atoms with Crippen LogP contribution in [-0.2, 0) is 9.59 Å². The van der Waals surface area contributed by atoms with Crippen LogP contribution in [-0.4, -0.2) is 31.3 Å². The van der Waals surface area contributed by atoms with Crippen molar-refractivity contribution in [3.05, 3.63) is 22.6 Å². The van der Waals surface area contributed by atoms with Gasteiger partial charge in [-0.25, -0.2) is 0 Å². The van der Waals surface area contributed by atoms with Crippen molar-refractivity contribution in [2.24, 2.45) is 0 Å². The normalized spacial score (nSPS) is 15.7. The number of esters is 1. The van der Waals surface area contributed by atoms with Crippen LogP contribution < -0.4 is 19.5 Å². The molecular weight excluding hydrogens is 310 g/mol. The first kappa shape index (κ1) is 15.9. The quantitative estimate of drug-likeness (QED) is 0.514. The minimum atomic E-state index is -0.515. The van der Waals surface area contributed by atoms with E-state index in [1.54, 1.807) is 12.1 Å². The first-order valence-corrected chi connectivity index (χ1v) is 6.95. The topological polar surface area (TPSA) is 90.9 Å². The summed E-state index contributed by atoms with van der Waals surface area (Å²) >= 11 is 0.805. The van der Waals surface area contributed by atoms with Gasteiger partial charge in [-0.15, -0.1) is 0 Å². The molecule has 1 aliphatic rings. The number of imide groups is 1. The smallest absolute Gasteiger partial charge is 0.308 e. The fourth-order valence-electron chi connectivity index (χ4n) is 1.80. The van der Waals surface area contributed by atoms with Crippen LogP contribution in [0.4, 0.5) is 4.79 Å². The van der Waals surface area contributed by atoms with E-state index in [0.717, 1.165) is 11.8 Å². The summed E-state index contributed by atoms with van der Waals surface area (Å²) < 4.78 is 15.4. The van der Waals surface area contributed by atoms with Gasteiger partial charge >= 0.3 is 5.97 Å². The zero-order chi connectivity index (χ0) is 16.3. The number of thioether (sulfide) groups is 1. The summed E-state index contributed by atoms with van der Waals surface area (Å²) in [6, 6.07) is 3.15. The number of rotatable bonds is 4. The summed E-state index contributed by atoms with van der Waals surface area (Å²) in [5.41, 5.74) is 0.567. The molecule has 22 heavy (non-hydrogen) atoms. The summed E-state index contributed by atoms with van der Waals surface area (Å²) in [6.07, 6.45) is 1.52. The Kier molecular flexibility index (Phi) is 4.71. The Labute approximate surface area is 130 Å². The Bertz CT molecular complexity index is 657. The molecule has 1 heterocycles. The first-order chi connectivity index (χ1) is 10.4. The van der Waals surface area contributed by atoms with Crippen molar-refractivity contribution >= 4 is 35.0 Å². The summed E-state index contributed by atoms with van der Waals surface area (Å²) in [6.45, 7) is 1.26. The maximum absolute atomic E-state index is 11.6. The second-order valence-corrected chi connectivity index (χ2v) is 5.22. The van der Waals surface area contributed by atoms with Gasteiger partial charge in [0, 0.05) is 6.92 Å². The second-order valence-electron chi connectivity index (χ2n) is 4.20. The zero-order valence-electron chi connectivity index (χ0n) is 12.1. The number of benzene rings is 1. The largest absolute Gasteiger partial charge is 0.493 e. The highest BCUT2D eigenvalue weighted by molar-refractivity contribution is 8.18. The molecular formula is C14H13NO6S. The Hall–Kier alpha value is -2.48. The lowest BCUT2D eigenvalue weighted by Gasteiger charge is -2.13. The molecule has 0 saturated carbocycles. The van der Waals surface area contributed by atoms with E-state index in [-0.39, 0.29) is 22.2 Å². The van der Waals surface area contributed by atoms with Crippen LogP contribution in [0.2, 0.25) is 0 Å². The Morgan fingerprint density at radius 2 is 1.77 bits per heavy atom. The molecule has 0 atom stereocenters. The van der Waals surface area contributed by atoms with Crippen LogP contribution in [0.25, 0.3) is 6.08 Å². The van der Waals surface area contributed by atoms with Gasteiger partial charge in [-0.3, -0.25) is 19.7 Å². The van der Waals surface area contributed by atoms with Crippen LogP contribution in [0.1, 0.15) is 12.5 Å². The van der Waals surface area contributed by atoms with Crippen LogP contribution in [0.3, 0.4) is 0 Å². The molecule has 1 aromatic rings. The van der Waals surface area contributed by atoms with Crippen molar-refractivity contribution in [3.8, 4) is 17.2 Å². The minimum absolute atomic E-state index is 0.152. The van der Waals surface area contributed by atoms with E-state index in [1.807, 2.05) is 0 Å². The molecule has 2 rings (SSSR count). The number of nitrogens with one attached hydrogen (secondary N) is 1. The lowest BCUT2D eigenvalue weighted by atomic mass is 10.1. The SMILES string of the molecule is COc1cc(/C=C2/SC(=O)NC2=O)cc(OC)c1OC(C)=O. The van der Waals surface area contributed by atoms with E-state index in [1.165, 1.54) is 27.2 Å². The third-order valence-corrected chi connectivity index (χ3v) is 3.48. The number of hydrogen-bond acceptors (Lipinski definition) is 7. The standard InChI is InChI=1S/C14H13NO6S/c1-7(16)21-12-9(19-2)4-8(5-10(12)20-3)6-11-13(17)15-14(18)22-11/h4-6H,1-3H3,(H,15,17,18)/b11-6+. The van der Waals surface area contributed by atoms with E-state index < -0.39 is 17.1 Å². The molecule has 0 radical (unpaired) electrons. The maximum atomic E-state index is 11.6. The number of carbonyl (C=O) groups is 3. The fourth-order valence-corrected chi connectivity index (χ4v) is 2.48. The minimum Gasteiger partial charge on any atom is -0.493 e. The van der Waals surface area contributed by atoms with E-state index >= 15 is 0 Å². The second kappa shape index (κ2) is 6.52. The van der Waals surface area contributed by atoms with Gasteiger partial charge in [-0.05, 0) is 35.5 Å². The molecule has 1 fully saturated rings. The Morgan fingerprint density at radius 1 is 1.18 bits per heavy atom. The van der Waals surface area contributed by atoms with E-state index in [4.69, 9.17) is 14.2 Å². The molecule has 0 bridgehead atoms. The zero-order valence-corrected chi connectivity index (χ0v) is 12.9. The summed E-state index contributed by atoms with van der Waals surface area (Å²) in [4.78, 5) is 34.1. The highest BCUT2D eigenvalue weighted by Gasteiger charge is 2.25. The molecule has 7 nitrogen and oxygen atoms in total. The molecule has 0 unspecified atom stereocenters. The summed E-state index contributed by atoms with van der Waals surface area (Å²) in [5.74, 6) is -0.275. The predicted molar refractivity (Wildman–Crippen MR) is 80.0 cm³/mol. The third kappa shape index (κ3) is 3.40. The van der Waals surface area contributed by atoms with Gasteiger partial charge in [0.1, 0.15) is 0 Å². The van der Waals surface area contributed by atoms with Crippen molar-refractivity contribution in [2.45, 2.75) is 6.92 Å². The molecule has 1 saturated heterocycles. The van der Waals surface area contributed by atoms with Gasteiger partial charge in [-0.1, -0.05) is 0 Å². The van der Waals surface area contributed by atoms with Crippen LogP contribution in [0, 0.1) is 0 Å². The lowest BCUT2D eigenvalue weighted by Crippen LogP contribution is -2.17. The molecule has 1 aliphatic heterocycles. The molecule has 2 amide bonds. The average molecular weight is 323 g/mol. The molecule has 1 N–H and O–H groups in total. The van der Waals surface area contributed by atoms with Gasteiger partial charge in [0.2, 0.25) is 5.75 Å². The average Bonchev–Trinajstić information content (AvgIpc) is 2.77. The van der Waals surface area contributed by atoms with E-state index in [0.29, 0.717) is 5.56 Å². The summed E-state index contributed by atoms with van der Waals surface area (Å²) in [7, 11) is 2.83. The van der Waals surface area contributed by atoms with Crippen molar-refractivity contribution in [1.82, 2.24) is 5.32 Å². The number of carbonyl (C=O) groups excluding carboxylic acids is 3. The summed E-state index contributed by atoms with van der Waals surface area (Å²) in [5, 5.41) is 1.74. The molecule has 116 valence electrons. The molecule has 1 aromatic carbocycles. The Balaban J connectivity index is 2.46. The van der Waals surface area contributed by atoms with Gasteiger partial charge in [0.05, 0.1) is 19.1 Å². The van der Waals surface area contributed by atoms with Crippen molar-refractivity contribution in [2.75, 3.05) is 14.2 Å². The first-order valence-electron chi connectivity index (χ1n) is 6.14. The van der Waals surface area contributed by atoms with Gasteiger partial charge in [0.25, 0.3) is 11.1 Å². The van der Waals surface area contributed by atoms with E-state index in [9.17, 15) is 14.4 Å². The number of amides is 2. The van der Waals surface area contributed by atoms with Crippen LogP contribution in [0.15, 0.2) is 17.0 Å². The van der Waals surface area contributed by atoms with Crippen LogP contribution in [0.5, 0.6) is 17.2 Å². The van der Waals surface area contributed by atoms with Gasteiger partial charge in [0.15, 0.2) is 11.5 Å². The van der Waals surface area contributed by atoms with Crippen molar-refractivity contribution in [3.63, 3.8) is 0 Å². The molecule has 0 aromatic heterocycles. The van der Waals surface area contributed by atoms with Gasteiger partial charge < -0.3 is 14.2 Å². The highest BCUT2D eigenvalue weighted by atomic mass is 32.2. The van der Waals surface area contributed by atoms with Gasteiger partial charge in [-0.2, -0.15) is 0 Å². The molecule has 0 aliphatic carbocycles. The highest BCUT2D eigenvalue weighted by Crippen LogP contribution is 2.40. The number of methoxy groups -OCH3 is 2. The van der Waals surface area contributed by atoms with Crippen LogP contribution >= 0.6 is 11.8 Å². The lowest BCUT2D eigenvalue weighted by molar-refractivity contribution is -0.132. The maximum Gasteiger partial charge on any atom is 0.308 e. The van der Waals surface area contributed by atoms with Crippen molar-refractivity contribution < 1.29 is 28.6 Å². The van der Waals surface area contributed by atoms with Crippen molar-refractivity contribution in [1.29, 1.82) is 0 Å².